The Morgan fingerprint density at radius 3 is 2.10 bits per heavy atom. The van der Waals surface area contributed by atoms with Crippen LogP contribution in [0.4, 0.5) is 4.79 Å². The molecule has 0 aromatic rings. The van der Waals surface area contributed by atoms with Crippen molar-refractivity contribution < 1.29 is 14.3 Å². The number of hydrogen-bond donors (Lipinski definition) is 0. The largest absolute Gasteiger partial charge is 0.447 e. The van der Waals surface area contributed by atoms with Gasteiger partial charge in [-0.15, -0.1) is 0 Å². The normalized spacial score (nSPS) is 17.2. The first kappa shape index (κ1) is 19.9. The molecule has 0 bridgehead atoms. The number of morpholine rings is 1. The molecule has 0 aromatic heterocycles. The highest BCUT2D eigenvalue weighted by molar-refractivity contribution is 5.95. The molecule has 0 spiro atoms. The summed E-state index contributed by atoms with van der Waals surface area (Å²) in [7, 11) is 0. The first-order valence-electron chi connectivity index (χ1n) is 7.18. The van der Waals surface area contributed by atoms with E-state index in [1.807, 2.05) is 20.8 Å². The average molecular weight is 300 g/mol. The van der Waals surface area contributed by atoms with Gasteiger partial charge in [0.15, 0.2) is 0 Å². The highest BCUT2D eigenvalue weighted by atomic mass is 16.5. The maximum Gasteiger partial charge on any atom is 0.435 e. The zero-order valence-electron chi connectivity index (χ0n) is 13.7. The molecule has 0 atom stereocenters. The SMILES string of the molecule is C.CC(C)(C)COC(=O)N=C(N1CCOCC1)C(C)(C)C. The molecule has 1 aliphatic heterocycles. The van der Waals surface area contributed by atoms with Crippen LogP contribution in [0.25, 0.3) is 0 Å². The summed E-state index contributed by atoms with van der Waals surface area (Å²) < 4.78 is 10.6. The van der Waals surface area contributed by atoms with Crippen LogP contribution >= 0.6 is 0 Å². The van der Waals surface area contributed by atoms with Crippen molar-refractivity contribution in [1.82, 2.24) is 4.90 Å². The molecular weight excluding hydrogens is 268 g/mol. The number of ether oxygens (including phenoxy) is 2. The minimum atomic E-state index is -0.503. The summed E-state index contributed by atoms with van der Waals surface area (Å²) in [5.74, 6) is 0.778. The van der Waals surface area contributed by atoms with Crippen molar-refractivity contribution in [2.75, 3.05) is 32.9 Å². The Hall–Kier alpha value is -1.10. The zero-order valence-corrected chi connectivity index (χ0v) is 13.7. The Kier molecular flexibility index (Phi) is 7.37. The predicted molar refractivity (Wildman–Crippen MR) is 86.8 cm³/mol. The topological polar surface area (TPSA) is 51.1 Å². The second-order valence-electron chi connectivity index (χ2n) is 7.40. The molecule has 21 heavy (non-hydrogen) atoms. The molecule has 1 rings (SSSR count). The van der Waals surface area contributed by atoms with E-state index in [1.54, 1.807) is 0 Å². The third-order valence-corrected chi connectivity index (χ3v) is 2.81. The van der Waals surface area contributed by atoms with Crippen LogP contribution in [-0.2, 0) is 9.47 Å². The lowest BCUT2D eigenvalue weighted by Gasteiger charge is -2.35. The van der Waals surface area contributed by atoms with Gasteiger partial charge in [0.25, 0.3) is 0 Å². The van der Waals surface area contributed by atoms with Gasteiger partial charge >= 0.3 is 6.09 Å². The van der Waals surface area contributed by atoms with E-state index >= 15 is 0 Å². The summed E-state index contributed by atoms with van der Waals surface area (Å²) in [4.78, 5) is 18.2. The van der Waals surface area contributed by atoms with Crippen LogP contribution in [0.15, 0.2) is 4.99 Å². The predicted octanol–water partition coefficient (Wildman–Crippen LogP) is 3.58. The van der Waals surface area contributed by atoms with Gasteiger partial charge in [-0.2, -0.15) is 4.99 Å². The number of nitrogens with zero attached hydrogens (tertiary/aromatic N) is 2. The van der Waals surface area contributed by atoms with Crippen LogP contribution in [0.2, 0.25) is 0 Å². The van der Waals surface area contributed by atoms with Crippen molar-refractivity contribution in [1.29, 1.82) is 0 Å². The van der Waals surface area contributed by atoms with Crippen molar-refractivity contribution >= 4 is 11.9 Å². The van der Waals surface area contributed by atoms with Gasteiger partial charge in [0.2, 0.25) is 0 Å². The highest BCUT2D eigenvalue weighted by Crippen LogP contribution is 2.21. The first-order chi connectivity index (χ1) is 9.09. The lowest BCUT2D eigenvalue weighted by atomic mass is 9.93. The summed E-state index contributed by atoms with van der Waals surface area (Å²) >= 11 is 0. The fraction of sp³-hybridized carbons (Fsp3) is 0.875. The number of aliphatic imine (C=N–C) groups is 1. The van der Waals surface area contributed by atoms with E-state index in [2.05, 4.69) is 30.7 Å². The average Bonchev–Trinajstić information content (AvgIpc) is 2.32. The van der Waals surface area contributed by atoms with Gasteiger partial charge < -0.3 is 14.4 Å². The van der Waals surface area contributed by atoms with Crippen molar-refractivity contribution in [2.45, 2.75) is 49.0 Å². The summed E-state index contributed by atoms with van der Waals surface area (Å²) in [5.41, 5.74) is -0.246. The number of amides is 1. The van der Waals surface area contributed by atoms with E-state index in [-0.39, 0.29) is 18.3 Å². The molecule has 1 saturated heterocycles. The van der Waals surface area contributed by atoms with Crippen LogP contribution in [-0.4, -0.2) is 49.7 Å². The van der Waals surface area contributed by atoms with E-state index in [0.717, 1.165) is 18.9 Å². The van der Waals surface area contributed by atoms with E-state index < -0.39 is 6.09 Å². The number of hydrogen-bond acceptors (Lipinski definition) is 3. The maximum absolute atomic E-state index is 11.9. The number of carbonyl (C=O) groups excluding carboxylic acids is 1. The first-order valence-corrected chi connectivity index (χ1v) is 7.18. The van der Waals surface area contributed by atoms with E-state index in [9.17, 15) is 4.79 Å². The number of amidine groups is 1. The van der Waals surface area contributed by atoms with Gasteiger partial charge in [-0.05, 0) is 5.41 Å². The van der Waals surface area contributed by atoms with Crippen LogP contribution < -0.4 is 0 Å². The molecule has 5 nitrogen and oxygen atoms in total. The van der Waals surface area contributed by atoms with E-state index in [4.69, 9.17) is 9.47 Å². The molecule has 0 aromatic carbocycles. The fourth-order valence-electron chi connectivity index (χ4n) is 1.88. The maximum atomic E-state index is 11.9. The van der Waals surface area contributed by atoms with Gasteiger partial charge in [-0.3, -0.25) is 0 Å². The second-order valence-corrected chi connectivity index (χ2v) is 7.40. The Labute approximate surface area is 129 Å². The zero-order chi connectivity index (χ0) is 15.4. The van der Waals surface area contributed by atoms with Crippen LogP contribution in [0.3, 0.4) is 0 Å². The van der Waals surface area contributed by atoms with Crippen molar-refractivity contribution in [2.24, 2.45) is 15.8 Å². The molecule has 1 amide bonds. The van der Waals surface area contributed by atoms with Gasteiger partial charge in [0.05, 0.1) is 19.8 Å². The second kappa shape index (κ2) is 7.78. The Morgan fingerprint density at radius 2 is 1.67 bits per heavy atom. The smallest absolute Gasteiger partial charge is 0.435 e. The summed E-state index contributed by atoms with van der Waals surface area (Å²) in [6.45, 7) is 15.5. The third-order valence-electron chi connectivity index (χ3n) is 2.81. The van der Waals surface area contributed by atoms with Gasteiger partial charge in [0, 0.05) is 18.5 Å². The molecule has 1 aliphatic rings. The minimum absolute atomic E-state index is 0. The molecule has 0 radical (unpaired) electrons. The van der Waals surface area contributed by atoms with Crippen molar-refractivity contribution in [3.8, 4) is 0 Å². The van der Waals surface area contributed by atoms with Crippen LogP contribution in [0, 0.1) is 10.8 Å². The third kappa shape index (κ3) is 7.46. The van der Waals surface area contributed by atoms with E-state index in [1.165, 1.54) is 0 Å². The Bertz CT molecular complexity index is 359. The highest BCUT2D eigenvalue weighted by Gasteiger charge is 2.28. The molecule has 0 saturated carbocycles. The van der Waals surface area contributed by atoms with Crippen molar-refractivity contribution in [3.63, 3.8) is 0 Å². The quantitative estimate of drug-likeness (QED) is 0.548. The standard InChI is InChI=1S/C15H28N2O3.CH4/c1-14(2,3)11-20-13(18)16-12(15(4,5)6)17-7-9-19-10-8-17;/h7-11H2,1-6H3;1H4. The number of rotatable bonds is 1. The van der Waals surface area contributed by atoms with Gasteiger partial charge in [-0.1, -0.05) is 49.0 Å². The summed E-state index contributed by atoms with van der Waals surface area (Å²) in [6.07, 6.45) is -0.503. The fourth-order valence-corrected chi connectivity index (χ4v) is 1.88. The monoisotopic (exact) mass is 300 g/mol. The lowest BCUT2D eigenvalue weighted by Crippen LogP contribution is -2.46. The van der Waals surface area contributed by atoms with Crippen LogP contribution in [0.1, 0.15) is 49.0 Å². The van der Waals surface area contributed by atoms with E-state index in [0.29, 0.717) is 19.8 Å². The molecule has 0 N–H and O–H groups in total. The van der Waals surface area contributed by atoms with Gasteiger partial charge in [-0.25, -0.2) is 4.79 Å². The molecular formula is C16H32N2O3. The molecule has 0 aliphatic carbocycles. The Balaban J connectivity index is 0.00000400. The summed E-state index contributed by atoms with van der Waals surface area (Å²) in [5, 5.41) is 0. The Morgan fingerprint density at radius 1 is 1.14 bits per heavy atom. The lowest BCUT2D eigenvalue weighted by molar-refractivity contribution is 0.0639. The van der Waals surface area contributed by atoms with Crippen LogP contribution in [0.5, 0.6) is 0 Å². The molecule has 124 valence electrons. The molecule has 1 heterocycles. The summed E-state index contributed by atoms with van der Waals surface area (Å²) in [6, 6.07) is 0. The molecule has 5 heteroatoms. The van der Waals surface area contributed by atoms with Crippen molar-refractivity contribution in [3.05, 3.63) is 0 Å². The molecule has 1 fully saturated rings. The van der Waals surface area contributed by atoms with Gasteiger partial charge in [0.1, 0.15) is 5.84 Å². The minimum Gasteiger partial charge on any atom is -0.447 e. The molecule has 0 unspecified atom stereocenters. The number of carbonyl (C=O) groups is 1.